The van der Waals surface area contributed by atoms with E-state index >= 15 is 0 Å². The van der Waals surface area contributed by atoms with Crippen LogP contribution in [0, 0.1) is 6.92 Å². The highest BCUT2D eigenvalue weighted by Gasteiger charge is 2.02. The average molecular weight is 203 g/mol. The van der Waals surface area contributed by atoms with Gasteiger partial charge in [-0.05, 0) is 13.0 Å². The number of nitrogens with zero attached hydrogens (tertiary/aromatic N) is 1. The minimum Gasteiger partial charge on any atom is -0.298 e. The molecule has 2 nitrogen and oxygen atoms in total. The van der Waals surface area contributed by atoms with Crippen molar-refractivity contribution in [1.82, 2.24) is 4.98 Å². The molecule has 0 amide bonds. The van der Waals surface area contributed by atoms with Gasteiger partial charge < -0.3 is 0 Å². The van der Waals surface area contributed by atoms with Crippen LogP contribution in [0.5, 0.6) is 0 Å². The van der Waals surface area contributed by atoms with Gasteiger partial charge in [-0.25, -0.2) is 4.98 Å². The Morgan fingerprint density at radius 3 is 2.93 bits per heavy atom. The summed E-state index contributed by atoms with van der Waals surface area (Å²) < 4.78 is 0. The maximum absolute atomic E-state index is 10.6. The van der Waals surface area contributed by atoms with E-state index in [-0.39, 0.29) is 0 Å². The lowest BCUT2D eigenvalue weighted by atomic mass is 10.1. The van der Waals surface area contributed by atoms with Gasteiger partial charge in [0, 0.05) is 22.2 Å². The van der Waals surface area contributed by atoms with Gasteiger partial charge in [-0.15, -0.1) is 11.3 Å². The van der Waals surface area contributed by atoms with Crippen LogP contribution in [0.15, 0.2) is 29.6 Å². The van der Waals surface area contributed by atoms with Crippen molar-refractivity contribution in [2.24, 2.45) is 0 Å². The second-order valence-electron chi connectivity index (χ2n) is 3.04. The number of carbonyl (C=O) groups is 1. The van der Waals surface area contributed by atoms with Crippen LogP contribution in [-0.4, -0.2) is 11.3 Å². The van der Waals surface area contributed by atoms with Gasteiger partial charge in [0.1, 0.15) is 11.3 Å². The molecule has 0 unspecified atom stereocenters. The maximum Gasteiger partial charge on any atom is 0.150 e. The van der Waals surface area contributed by atoms with Gasteiger partial charge in [-0.1, -0.05) is 18.2 Å². The molecule has 14 heavy (non-hydrogen) atoms. The molecule has 0 N–H and O–H groups in total. The lowest BCUT2D eigenvalue weighted by molar-refractivity contribution is 0.112. The van der Waals surface area contributed by atoms with Gasteiger partial charge in [-0.3, -0.25) is 4.79 Å². The molecular weight excluding hydrogens is 194 g/mol. The molecule has 0 spiro atoms. The molecule has 0 saturated heterocycles. The molecule has 70 valence electrons. The first kappa shape index (κ1) is 9.09. The van der Waals surface area contributed by atoms with Gasteiger partial charge >= 0.3 is 0 Å². The van der Waals surface area contributed by atoms with Crippen LogP contribution in [-0.2, 0) is 0 Å². The van der Waals surface area contributed by atoms with Gasteiger partial charge in [0.25, 0.3) is 0 Å². The van der Waals surface area contributed by atoms with Gasteiger partial charge in [0.15, 0.2) is 0 Å². The molecule has 1 aromatic heterocycles. The lowest BCUT2D eigenvalue weighted by Gasteiger charge is -1.96. The molecule has 0 radical (unpaired) electrons. The quantitative estimate of drug-likeness (QED) is 0.702. The molecule has 0 aliphatic heterocycles. The predicted molar refractivity (Wildman–Crippen MR) is 57.7 cm³/mol. The first-order chi connectivity index (χ1) is 6.79. The van der Waals surface area contributed by atoms with E-state index in [2.05, 4.69) is 4.98 Å². The largest absolute Gasteiger partial charge is 0.298 e. The summed E-state index contributed by atoms with van der Waals surface area (Å²) in [7, 11) is 0. The Bertz CT molecular complexity index is 462. The van der Waals surface area contributed by atoms with E-state index in [1.165, 1.54) is 0 Å². The predicted octanol–water partition coefficient (Wildman–Crippen LogP) is 2.93. The molecule has 2 rings (SSSR count). The number of hydrogen-bond acceptors (Lipinski definition) is 3. The Hall–Kier alpha value is -1.48. The molecule has 1 aromatic carbocycles. The summed E-state index contributed by atoms with van der Waals surface area (Å²) >= 11 is 1.59. The summed E-state index contributed by atoms with van der Waals surface area (Å²) in [5.74, 6) is 0. The average Bonchev–Trinajstić information content (AvgIpc) is 2.65. The van der Waals surface area contributed by atoms with E-state index in [9.17, 15) is 4.79 Å². The van der Waals surface area contributed by atoms with E-state index < -0.39 is 0 Å². The number of carbonyl (C=O) groups excluding carboxylic acids is 1. The van der Waals surface area contributed by atoms with Crippen LogP contribution in [0.3, 0.4) is 0 Å². The summed E-state index contributed by atoms with van der Waals surface area (Å²) in [5, 5.41) is 2.97. The summed E-state index contributed by atoms with van der Waals surface area (Å²) in [5.41, 5.74) is 2.71. The van der Waals surface area contributed by atoms with Crippen molar-refractivity contribution in [2.75, 3.05) is 0 Å². The number of aldehydes is 1. The first-order valence-corrected chi connectivity index (χ1v) is 5.15. The first-order valence-electron chi connectivity index (χ1n) is 4.27. The molecule has 0 aliphatic carbocycles. The molecule has 0 aliphatic rings. The Morgan fingerprint density at radius 2 is 2.29 bits per heavy atom. The Balaban J connectivity index is 2.46. The van der Waals surface area contributed by atoms with E-state index in [1.807, 2.05) is 30.5 Å². The summed E-state index contributed by atoms with van der Waals surface area (Å²) in [6.07, 6.45) is 0.851. The zero-order valence-electron chi connectivity index (χ0n) is 7.73. The van der Waals surface area contributed by atoms with Crippen molar-refractivity contribution in [3.63, 3.8) is 0 Å². The molecule has 0 atom stereocenters. The van der Waals surface area contributed by atoms with Crippen LogP contribution >= 0.6 is 11.3 Å². The highest BCUT2D eigenvalue weighted by molar-refractivity contribution is 7.13. The highest BCUT2D eigenvalue weighted by Crippen LogP contribution is 2.23. The van der Waals surface area contributed by atoms with Gasteiger partial charge in [0.2, 0.25) is 0 Å². The number of aromatic nitrogens is 1. The third-order valence-electron chi connectivity index (χ3n) is 1.89. The number of rotatable bonds is 2. The minimum atomic E-state index is 0.690. The third kappa shape index (κ3) is 1.72. The van der Waals surface area contributed by atoms with Gasteiger partial charge in [-0.2, -0.15) is 0 Å². The Kier molecular flexibility index (Phi) is 2.41. The fourth-order valence-electron chi connectivity index (χ4n) is 1.23. The molecule has 3 heteroatoms. The second kappa shape index (κ2) is 3.72. The SMILES string of the molecule is Cc1csc(-c2cccc(C=O)c2)n1. The van der Waals surface area contributed by atoms with Crippen LogP contribution in [0.25, 0.3) is 10.6 Å². The van der Waals surface area contributed by atoms with E-state index in [4.69, 9.17) is 0 Å². The number of aryl methyl sites for hydroxylation is 1. The Labute approximate surface area is 86.2 Å². The molecule has 2 aromatic rings. The number of hydrogen-bond donors (Lipinski definition) is 0. The third-order valence-corrected chi connectivity index (χ3v) is 2.90. The van der Waals surface area contributed by atoms with E-state index in [0.29, 0.717) is 5.56 Å². The smallest absolute Gasteiger partial charge is 0.150 e. The monoisotopic (exact) mass is 203 g/mol. The summed E-state index contributed by atoms with van der Waals surface area (Å²) in [6, 6.07) is 7.48. The summed E-state index contributed by atoms with van der Waals surface area (Å²) in [6.45, 7) is 1.96. The van der Waals surface area contributed by atoms with E-state index in [0.717, 1.165) is 22.6 Å². The lowest BCUT2D eigenvalue weighted by Crippen LogP contribution is -1.81. The zero-order chi connectivity index (χ0) is 9.97. The van der Waals surface area contributed by atoms with Crippen LogP contribution < -0.4 is 0 Å². The minimum absolute atomic E-state index is 0.690. The number of benzene rings is 1. The standard InChI is InChI=1S/C11H9NOS/c1-8-7-14-11(12-8)10-4-2-3-9(5-10)6-13/h2-7H,1H3. The van der Waals surface area contributed by atoms with E-state index in [1.54, 1.807) is 17.4 Å². The van der Waals surface area contributed by atoms with Crippen LogP contribution in [0.2, 0.25) is 0 Å². The van der Waals surface area contributed by atoms with Crippen LogP contribution in [0.1, 0.15) is 16.1 Å². The fraction of sp³-hybridized carbons (Fsp3) is 0.0909. The fourth-order valence-corrected chi connectivity index (χ4v) is 2.03. The topological polar surface area (TPSA) is 30.0 Å². The molecule has 1 heterocycles. The molecular formula is C11H9NOS. The number of thiazole rings is 1. The van der Waals surface area contributed by atoms with Crippen molar-refractivity contribution in [3.8, 4) is 10.6 Å². The van der Waals surface area contributed by atoms with Gasteiger partial charge in [0.05, 0.1) is 0 Å². The summed E-state index contributed by atoms with van der Waals surface area (Å²) in [4.78, 5) is 14.9. The maximum atomic E-state index is 10.6. The van der Waals surface area contributed by atoms with Crippen molar-refractivity contribution < 1.29 is 4.79 Å². The second-order valence-corrected chi connectivity index (χ2v) is 3.90. The van der Waals surface area contributed by atoms with Crippen molar-refractivity contribution in [3.05, 3.63) is 40.9 Å². The zero-order valence-corrected chi connectivity index (χ0v) is 8.54. The highest BCUT2D eigenvalue weighted by atomic mass is 32.1. The molecule has 0 fully saturated rings. The Morgan fingerprint density at radius 1 is 1.43 bits per heavy atom. The molecule has 0 saturated carbocycles. The van der Waals surface area contributed by atoms with Crippen molar-refractivity contribution >= 4 is 17.6 Å². The van der Waals surface area contributed by atoms with Crippen LogP contribution in [0.4, 0.5) is 0 Å². The van der Waals surface area contributed by atoms with Crippen molar-refractivity contribution in [1.29, 1.82) is 0 Å². The normalized spacial score (nSPS) is 10.1. The van der Waals surface area contributed by atoms with Crippen molar-refractivity contribution in [2.45, 2.75) is 6.92 Å². The molecule has 0 bridgehead atoms.